The molecule has 2 N–H and O–H groups in total. The Balaban J connectivity index is 2.20. The third-order valence-corrected chi connectivity index (χ3v) is 3.82. The van der Waals surface area contributed by atoms with Crippen molar-refractivity contribution in [3.63, 3.8) is 0 Å². The summed E-state index contributed by atoms with van der Waals surface area (Å²) in [5, 5.41) is 12.5. The molecule has 0 saturated heterocycles. The van der Waals surface area contributed by atoms with Crippen LogP contribution >= 0.6 is 11.6 Å². The van der Waals surface area contributed by atoms with Crippen LogP contribution in [0.2, 0.25) is 5.02 Å². The molecular weight excluding hydrogens is 286 g/mol. The second-order valence-electron chi connectivity index (χ2n) is 4.87. The lowest BCUT2D eigenvalue weighted by molar-refractivity contribution is 0.786. The summed E-state index contributed by atoms with van der Waals surface area (Å²) in [5.41, 5.74) is 10.3. The van der Waals surface area contributed by atoms with Gasteiger partial charge in [-0.2, -0.15) is 4.68 Å². The van der Waals surface area contributed by atoms with Crippen molar-refractivity contribution in [2.75, 3.05) is 5.73 Å². The lowest BCUT2D eigenvalue weighted by Crippen LogP contribution is -2.03. The number of tetrazole rings is 1. The number of nitrogen functional groups attached to an aromatic ring is 1. The van der Waals surface area contributed by atoms with Gasteiger partial charge in [0.25, 0.3) is 0 Å². The summed E-state index contributed by atoms with van der Waals surface area (Å²) >= 11 is 6.26. The number of hydrogen-bond acceptors (Lipinski definition) is 4. The number of hydrogen-bond donors (Lipinski definition) is 1. The zero-order chi connectivity index (χ0) is 15.0. The first-order chi connectivity index (χ1) is 10.1. The number of nitrogens with zero attached hydrogens (tertiary/aromatic N) is 4. The molecule has 0 aliphatic carbocycles. The molecule has 0 amide bonds. The summed E-state index contributed by atoms with van der Waals surface area (Å²) < 4.78 is 1.69. The van der Waals surface area contributed by atoms with Crippen LogP contribution in [0.5, 0.6) is 0 Å². The maximum absolute atomic E-state index is 6.26. The summed E-state index contributed by atoms with van der Waals surface area (Å²) in [5.74, 6) is 0.591. The first-order valence-electron chi connectivity index (χ1n) is 6.48. The number of rotatable bonds is 2. The van der Waals surface area contributed by atoms with Crippen molar-refractivity contribution in [3.8, 4) is 17.1 Å². The van der Waals surface area contributed by atoms with Crippen molar-refractivity contribution in [2.45, 2.75) is 13.8 Å². The average molecular weight is 300 g/mol. The van der Waals surface area contributed by atoms with Crippen LogP contribution in [0.1, 0.15) is 11.1 Å². The molecule has 2 aromatic carbocycles. The summed E-state index contributed by atoms with van der Waals surface area (Å²) in [4.78, 5) is 0. The molecule has 0 unspecified atom stereocenters. The minimum Gasteiger partial charge on any atom is -0.399 e. The highest BCUT2D eigenvalue weighted by molar-refractivity contribution is 6.33. The zero-order valence-electron chi connectivity index (χ0n) is 11.7. The third kappa shape index (κ3) is 2.36. The van der Waals surface area contributed by atoms with Crippen molar-refractivity contribution < 1.29 is 0 Å². The van der Waals surface area contributed by atoms with Crippen molar-refractivity contribution in [3.05, 3.63) is 52.5 Å². The molecule has 21 heavy (non-hydrogen) atoms. The Labute approximate surface area is 127 Å². The standard InChI is InChI=1S/C15H14ClN5/c1-9-4-3-5-14(10(9)2)21-15(18-19-20-21)12-7-6-11(17)8-13(12)16/h3-8H,17H2,1-2H3. The Morgan fingerprint density at radius 3 is 2.71 bits per heavy atom. The van der Waals surface area contributed by atoms with E-state index in [4.69, 9.17) is 17.3 Å². The minimum absolute atomic E-state index is 0.524. The minimum atomic E-state index is 0.524. The largest absolute Gasteiger partial charge is 0.399 e. The van der Waals surface area contributed by atoms with Gasteiger partial charge in [-0.15, -0.1) is 5.10 Å². The lowest BCUT2D eigenvalue weighted by atomic mass is 10.1. The summed E-state index contributed by atoms with van der Waals surface area (Å²) in [7, 11) is 0. The molecule has 0 radical (unpaired) electrons. The molecule has 1 aromatic heterocycles. The Morgan fingerprint density at radius 1 is 1.14 bits per heavy atom. The lowest BCUT2D eigenvalue weighted by Gasteiger charge is -2.10. The van der Waals surface area contributed by atoms with E-state index in [2.05, 4.69) is 28.5 Å². The number of benzene rings is 2. The molecule has 0 saturated carbocycles. The molecule has 6 heteroatoms. The highest BCUT2D eigenvalue weighted by Gasteiger charge is 2.15. The van der Waals surface area contributed by atoms with Crippen LogP contribution in [0.4, 0.5) is 5.69 Å². The molecular formula is C15H14ClN5. The van der Waals surface area contributed by atoms with Crippen LogP contribution in [0.3, 0.4) is 0 Å². The van der Waals surface area contributed by atoms with Gasteiger partial charge in [-0.3, -0.25) is 0 Å². The molecule has 0 fully saturated rings. The van der Waals surface area contributed by atoms with Crippen LogP contribution in [0, 0.1) is 13.8 Å². The van der Waals surface area contributed by atoms with Gasteiger partial charge in [0.15, 0.2) is 5.82 Å². The van der Waals surface area contributed by atoms with Crippen LogP contribution in [0.15, 0.2) is 36.4 Å². The van der Waals surface area contributed by atoms with Crippen LogP contribution in [0.25, 0.3) is 17.1 Å². The normalized spacial score (nSPS) is 10.8. The maximum atomic E-state index is 6.26. The number of anilines is 1. The van der Waals surface area contributed by atoms with E-state index in [-0.39, 0.29) is 0 Å². The molecule has 0 atom stereocenters. The number of halogens is 1. The second-order valence-corrected chi connectivity index (χ2v) is 5.28. The number of nitrogens with two attached hydrogens (primary N) is 1. The first kappa shape index (κ1) is 13.6. The highest BCUT2D eigenvalue weighted by Crippen LogP contribution is 2.29. The molecule has 0 spiro atoms. The van der Waals surface area contributed by atoms with E-state index in [0.29, 0.717) is 16.5 Å². The molecule has 0 aliphatic heterocycles. The van der Waals surface area contributed by atoms with Crippen molar-refractivity contribution in [1.29, 1.82) is 0 Å². The van der Waals surface area contributed by atoms with Gasteiger partial charge in [-0.25, -0.2) is 0 Å². The van der Waals surface area contributed by atoms with Crippen LogP contribution in [-0.2, 0) is 0 Å². The van der Waals surface area contributed by atoms with Crippen molar-refractivity contribution in [1.82, 2.24) is 20.2 Å². The van der Waals surface area contributed by atoms with E-state index in [1.54, 1.807) is 16.8 Å². The quantitative estimate of drug-likeness (QED) is 0.738. The topological polar surface area (TPSA) is 69.6 Å². The fourth-order valence-electron chi connectivity index (χ4n) is 2.20. The second kappa shape index (κ2) is 5.18. The smallest absolute Gasteiger partial charge is 0.188 e. The van der Waals surface area contributed by atoms with E-state index in [9.17, 15) is 0 Å². The van der Waals surface area contributed by atoms with Gasteiger partial charge in [-0.05, 0) is 59.7 Å². The Kier molecular flexibility index (Phi) is 3.35. The SMILES string of the molecule is Cc1cccc(-n2nnnc2-c2ccc(N)cc2Cl)c1C. The Bertz CT molecular complexity index is 810. The summed E-state index contributed by atoms with van der Waals surface area (Å²) in [6, 6.07) is 11.3. The van der Waals surface area contributed by atoms with E-state index in [0.717, 1.165) is 16.8 Å². The van der Waals surface area contributed by atoms with Gasteiger partial charge in [0.05, 0.1) is 10.7 Å². The van der Waals surface area contributed by atoms with Crippen molar-refractivity contribution in [2.24, 2.45) is 0 Å². The average Bonchev–Trinajstić information content (AvgIpc) is 2.91. The fourth-order valence-corrected chi connectivity index (χ4v) is 2.47. The Morgan fingerprint density at radius 2 is 1.95 bits per heavy atom. The van der Waals surface area contributed by atoms with Gasteiger partial charge in [0.1, 0.15) is 0 Å². The van der Waals surface area contributed by atoms with Gasteiger partial charge >= 0.3 is 0 Å². The van der Waals surface area contributed by atoms with Gasteiger partial charge in [0.2, 0.25) is 0 Å². The Hall–Kier alpha value is -2.40. The number of aromatic nitrogens is 4. The molecule has 1 heterocycles. The van der Waals surface area contributed by atoms with E-state index < -0.39 is 0 Å². The fraction of sp³-hybridized carbons (Fsp3) is 0.133. The monoisotopic (exact) mass is 299 g/mol. The first-order valence-corrected chi connectivity index (χ1v) is 6.86. The third-order valence-electron chi connectivity index (χ3n) is 3.51. The zero-order valence-corrected chi connectivity index (χ0v) is 12.5. The van der Waals surface area contributed by atoms with E-state index in [1.165, 1.54) is 5.56 Å². The molecule has 0 aliphatic rings. The van der Waals surface area contributed by atoms with Crippen LogP contribution < -0.4 is 5.73 Å². The predicted octanol–water partition coefficient (Wildman–Crippen LogP) is 3.18. The maximum Gasteiger partial charge on any atom is 0.188 e. The van der Waals surface area contributed by atoms with Crippen LogP contribution in [-0.4, -0.2) is 20.2 Å². The summed E-state index contributed by atoms with van der Waals surface area (Å²) in [6.07, 6.45) is 0. The van der Waals surface area contributed by atoms with E-state index >= 15 is 0 Å². The molecule has 5 nitrogen and oxygen atoms in total. The highest BCUT2D eigenvalue weighted by atomic mass is 35.5. The molecule has 0 bridgehead atoms. The van der Waals surface area contributed by atoms with Gasteiger partial charge < -0.3 is 5.73 Å². The number of aryl methyl sites for hydroxylation is 1. The summed E-state index contributed by atoms with van der Waals surface area (Å²) in [6.45, 7) is 4.10. The van der Waals surface area contributed by atoms with Crippen molar-refractivity contribution >= 4 is 17.3 Å². The molecule has 3 rings (SSSR count). The predicted molar refractivity (Wildman–Crippen MR) is 83.5 cm³/mol. The van der Waals surface area contributed by atoms with Gasteiger partial charge in [-0.1, -0.05) is 23.7 Å². The molecule has 3 aromatic rings. The van der Waals surface area contributed by atoms with Gasteiger partial charge in [0, 0.05) is 11.3 Å². The van der Waals surface area contributed by atoms with E-state index in [1.807, 2.05) is 25.1 Å². The molecule has 106 valence electrons.